The largest absolute Gasteiger partial charge is 0.386 e. The molecule has 1 atom stereocenters. The molecular formula is C28H60N3O2+. The van der Waals surface area contributed by atoms with Gasteiger partial charge in [0, 0.05) is 26.1 Å². The van der Waals surface area contributed by atoms with Crippen molar-refractivity contribution in [2.45, 2.75) is 130 Å². The van der Waals surface area contributed by atoms with E-state index in [0.717, 1.165) is 37.1 Å². The Bertz CT molecular complexity index is 419. The molecular weight excluding hydrogens is 410 g/mol. The lowest BCUT2D eigenvalue weighted by molar-refractivity contribution is -0.925. The number of carbonyl (C=O) groups excluding carboxylic acids is 1. The molecule has 3 N–H and O–H groups in total. The first-order valence-electron chi connectivity index (χ1n) is 14.5. The molecule has 0 aromatic carbocycles. The summed E-state index contributed by atoms with van der Waals surface area (Å²) in [5, 5.41) is 16.6. The SMILES string of the molecule is CCCCCCCCCCCCCCCCC(=O)NCCNCC(O)C[N+](CC)(CC)CC. The third-order valence-electron chi connectivity index (χ3n) is 7.37. The predicted molar refractivity (Wildman–Crippen MR) is 144 cm³/mol. The van der Waals surface area contributed by atoms with Crippen molar-refractivity contribution in [3.05, 3.63) is 0 Å². The minimum absolute atomic E-state index is 0.162. The molecule has 0 radical (unpaired) electrons. The molecule has 5 heteroatoms. The van der Waals surface area contributed by atoms with E-state index in [1.165, 1.54) is 83.5 Å². The lowest BCUT2D eigenvalue weighted by Gasteiger charge is -2.37. The topological polar surface area (TPSA) is 61.4 Å². The van der Waals surface area contributed by atoms with E-state index in [9.17, 15) is 9.90 Å². The third-order valence-corrected chi connectivity index (χ3v) is 7.37. The van der Waals surface area contributed by atoms with Gasteiger partial charge in [0.2, 0.25) is 5.91 Å². The van der Waals surface area contributed by atoms with Crippen LogP contribution in [0.5, 0.6) is 0 Å². The summed E-state index contributed by atoms with van der Waals surface area (Å²) >= 11 is 0. The first-order valence-corrected chi connectivity index (χ1v) is 14.5. The van der Waals surface area contributed by atoms with Crippen LogP contribution >= 0.6 is 0 Å². The van der Waals surface area contributed by atoms with Crippen molar-refractivity contribution in [1.82, 2.24) is 10.6 Å². The maximum Gasteiger partial charge on any atom is 0.220 e. The number of nitrogens with zero attached hydrogens (tertiary/aromatic N) is 1. The lowest BCUT2D eigenvalue weighted by Crippen LogP contribution is -2.53. The van der Waals surface area contributed by atoms with E-state index < -0.39 is 0 Å². The molecule has 0 aliphatic heterocycles. The number of nitrogens with one attached hydrogen (secondary N) is 2. The second kappa shape index (κ2) is 23.1. The molecule has 1 unspecified atom stereocenters. The Morgan fingerprint density at radius 2 is 1.15 bits per heavy atom. The van der Waals surface area contributed by atoms with Gasteiger partial charge in [-0.15, -0.1) is 0 Å². The molecule has 0 saturated carbocycles. The molecule has 0 aliphatic rings. The Labute approximate surface area is 207 Å². The van der Waals surface area contributed by atoms with E-state index in [2.05, 4.69) is 38.3 Å². The number of aliphatic hydroxyl groups excluding tert-OH is 1. The van der Waals surface area contributed by atoms with Crippen molar-refractivity contribution in [3.63, 3.8) is 0 Å². The number of amides is 1. The number of quaternary nitrogens is 1. The summed E-state index contributed by atoms with van der Waals surface area (Å²) in [6, 6.07) is 0. The molecule has 0 spiro atoms. The summed E-state index contributed by atoms with van der Waals surface area (Å²) in [6.45, 7) is 14.8. The van der Waals surface area contributed by atoms with Crippen LogP contribution in [0.2, 0.25) is 0 Å². The van der Waals surface area contributed by atoms with Gasteiger partial charge in [0.05, 0.1) is 19.6 Å². The highest BCUT2D eigenvalue weighted by Crippen LogP contribution is 2.13. The number of aliphatic hydroxyl groups is 1. The zero-order valence-corrected chi connectivity index (χ0v) is 22.9. The molecule has 198 valence electrons. The molecule has 33 heavy (non-hydrogen) atoms. The molecule has 0 aliphatic carbocycles. The standard InChI is InChI=1S/C28H59N3O2/c1-5-9-10-11-12-13-14-15-16-17-18-19-20-21-22-28(33)30-24-23-29-25-27(32)26-31(6-2,7-3)8-4/h27,29,32H,5-26H2,1-4H3/p+1. The Morgan fingerprint density at radius 3 is 1.61 bits per heavy atom. The minimum atomic E-state index is -0.337. The maximum atomic E-state index is 12.0. The fourth-order valence-electron chi connectivity index (χ4n) is 4.70. The highest BCUT2D eigenvalue weighted by Gasteiger charge is 2.24. The monoisotopic (exact) mass is 470 g/mol. The molecule has 0 saturated heterocycles. The van der Waals surface area contributed by atoms with E-state index >= 15 is 0 Å². The van der Waals surface area contributed by atoms with Crippen molar-refractivity contribution in [1.29, 1.82) is 0 Å². The zero-order chi connectivity index (χ0) is 24.6. The van der Waals surface area contributed by atoms with Gasteiger partial charge >= 0.3 is 0 Å². The van der Waals surface area contributed by atoms with Crippen LogP contribution in [0.4, 0.5) is 0 Å². The normalized spacial score (nSPS) is 12.8. The number of unbranched alkanes of at least 4 members (excludes halogenated alkanes) is 13. The maximum absolute atomic E-state index is 12.0. The van der Waals surface area contributed by atoms with Gasteiger partial charge in [-0.05, 0) is 27.2 Å². The second-order valence-corrected chi connectivity index (χ2v) is 10.0. The van der Waals surface area contributed by atoms with E-state index in [1.807, 2.05) is 0 Å². The van der Waals surface area contributed by atoms with Crippen molar-refractivity contribution >= 4 is 5.91 Å². The Kier molecular flexibility index (Phi) is 22.7. The van der Waals surface area contributed by atoms with Crippen LogP contribution < -0.4 is 10.6 Å². The molecule has 0 heterocycles. The van der Waals surface area contributed by atoms with Gasteiger partial charge in [-0.3, -0.25) is 4.79 Å². The Morgan fingerprint density at radius 1 is 0.697 bits per heavy atom. The van der Waals surface area contributed by atoms with Gasteiger partial charge in [-0.2, -0.15) is 0 Å². The highest BCUT2D eigenvalue weighted by atomic mass is 16.3. The zero-order valence-electron chi connectivity index (χ0n) is 22.9. The number of rotatable bonds is 25. The third kappa shape index (κ3) is 19.4. The fraction of sp³-hybridized carbons (Fsp3) is 0.964. The first kappa shape index (κ1) is 32.4. The summed E-state index contributed by atoms with van der Waals surface area (Å²) in [6.07, 6.45) is 19.0. The molecule has 5 nitrogen and oxygen atoms in total. The second-order valence-electron chi connectivity index (χ2n) is 10.0. The summed E-state index contributed by atoms with van der Waals surface area (Å²) in [7, 11) is 0. The van der Waals surface area contributed by atoms with Gasteiger partial charge in [0.1, 0.15) is 12.6 Å². The number of hydrogen-bond acceptors (Lipinski definition) is 3. The van der Waals surface area contributed by atoms with Crippen LogP contribution in [-0.2, 0) is 4.79 Å². The summed E-state index contributed by atoms with van der Waals surface area (Å²) < 4.78 is 0.957. The number of likely N-dealkylation sites (N-methyl/N-ethyl adjacent to an activating group) is 1. The van der Waals surface area contributed by atoms with Crippen LogP contribution in [0, 0.1) is 0 Å². The van der Waals surface area contributed by atoms with Crippen LogP contribution in [-0.4, -0.2) is 67.4 Å². The summed E-state index contributed by atoms with van der Waals surface area (Å²) in [4.78, 5) is 12.0. The fourth-order valence-corrected chi connectivity index (χ4v) is 4.70. The average molecular weight is 471 g/mol. The summed E-state index contributed by atoms with van der Waals surface area (Å²) in [5.41, 5.74) is 0. The van der Waals surface area contributed by atoms with Crippen molar-refractivity contribution in [2.24, 2.45) is 0 Å². The van der Waals surface area contributed by atoms with Gasteiger partial charge < -0.3 is 20.2 Å². The molecule has 0 rings (SSSR count). The van der Waals surface area contributed by atoms with Gasteiger partial charge in [-0.25, -0.2) is 0 Å². The molecule has 0 bridgehead atoms. The highest BCUT2D eigenvalue weighted by molar-refractivity contribution is 5.75. The Hall–Kier alpha value is -0.650. The predicted octanol–water partition coefficient (Wildman–Crippen LogP) is 5.80. The number of hydrogen-bond donors (Lipinski definition) is 3. The van der Waals surface area contributed by atoms with E-state index in [1.54, 1.807) is 0 Å². The smallest absolute Gasteiger partial charge is 0.220 e. The molecule has 0 aromatic rings. The minimum Gasteiger partial charge on any atom is -0.386 e. The quantitative estimate of drug-likeness (QED) is 0.117. The van der Waals surface area contributed by atoms with Gasteiger partial charge in [-0.1, -0.05) is 90.4 Å². The Balaban J connectivity index is 3.43. The molecule has 0 aromatic heterocycles. The molecule has 0 fully saturated rings. The van der Waals surface area contributed by atoms with Crippen LogP contribution in [0.15, 0.2) is 0 Å². The van der Waals surface area contributed by atoms with Crippen molar-refractivity contribution in [3.8, 4) is 0 Å². The summed E-state index contributed by atoms with van der Waals surface area (Å²) in [5.74, 6) is 0.162. The molecule has 1 amide bonds. The van der Waals surface area contributed by atoms with Gasteiger partial charge in [0.15, 0.2) is 0 Å². The van der Waals surface area contributed by atoms with Gasteiger partial charge in [0.25, 0.3) is 0 Å². The average Bonchev–Trinajstić information content (AvgIpc) is 2.82. The first-order chi connectivity index (χ1) is 16.0. The lowest BCUT2D eigenvalue weighted by atomic mass is 10.0. The van der Waals surface area contributed by atoms with Crippen LogP contribution in [0.25, 0.3) is 0 Å². The van der Waals surface area contributed by atoms with E-state index in [4.69, 9.17) is 0 Å². The van der Waals surface area contributed by atoms with Crippen LogP contribution in [0.1, 0.15) is 124 Å². The van der Waals surface area contributed by atoms with Crippen molar-refractivity contribution in [2.75, 3.05) is 45.8 Å². The van der Waals surface area contributed by atoms with E-state index in [-0.39, 0.29) is 12.0 Å². The van der Waals surface area contributed by atoms with Crippen LogP contribution in [0.3, 0.4) is 0 Å². The number of carbonyl (C=O) groups is 1. The van der Waals surface area contributed by atoms with Crippen molar-refractivity contribution < 1.29 is 14.4 Å². The van der Waals surface area contributed by atoms with E-state index in [0.29, 0.717) is 26.1 Å².